The Kier molecular flexibility index (Phi) is 16.3. The summed E-state index contributed by atoms with van der Waals surface area (Å²) in [5, 5.41) is 10.4. The number of allylic oxidation sites excluding steroid dienone is 5. The standard InChI is InChI=1S/C47H75N2O12/c1-11-12-14-31-15-13-16-40(61-42-20-19-39(28(3)57-42)49(7,8)26-56-47(53)48(5)6)27(2)43(52)37-23-35-33(36(37)24-41(51)59-31)18-17-30-21-32(22-34(30)35)60-46-38(25-50)45(55-10)44(54-9)29(4)58-46/h12,14,17-18,23,27-36,38-40,42,44-46,50H,11,13,15-16,19-22,24-26H2,1-10H3/q+1/b14-12+/t27-,28?,29?,30-,31+,32-,33-,34-,35-,36+,38?,39?,40+,42?,44?,45?,46?/m1/s1. The van der Waals surface area contributed by atoms with Crippen LogP contribution in [0.3, 0.4) is 0 Å². The molecule has 0 radical (unpaired) electrons. The summed E-state index contributed by atoms with van der Waals surface area (Å²) in [6, 6.07) is 0.0799. The Bertz CT molecular complexity index is 1600. The number of methoxy groups -OCH3 is 2. The second-order valence-corrected chi connectivity index (χ2v) is 19.2. The van der Waals surface area contributed by atoms with Gasteiger partial charge in [0, 0.05) is 53.0 Å². The highest BCUT2D eigenvalue weighted by Crippen LogP contribution is 2.54. The minimum absolute atomic E-state index is 0.0203. The van der Waals surface area contributed by atoms with E-state index in [1.165, 1.54) is 4.90 Å². The van der Waals surface area contributed by atoms with Gasteiger partial charge in [-0.1, -0.05) is 38.2 Å². The third-order valence-corrected chi connectivity index (χ3v) is 14.6. The van der Waals surface area contributed by atoms with Crippen LogP contribution in [0.2, 0.25) is 0 Å². The van der Waals surface area contributed by atoms with Crippen LogP contribution in [-0.4, -0.2) is 149 Å². The van der Waals surface area contributed by atoms with Crippen LogP contribution >= 0.6 is 0 Å². The maximum absolute atomic E-state index is 14.9. The number of nitrogens with zero attached hydrogens (tertiary/aromatic N) is 2. The highest BCUT2D eigenvalue weighted by molar-refractivity contribution is 5.99. The van der Waals surface area contributed by atoms with Gasteiger partial charge in [0.2, 0.25) is 6.73 Å². The number of hydrogen-bond donors (Lipinski definition) is 1. The lowest BCUT2D eigenvalue weighted by molar-refractivity contribution is -0.936. The van der Waals surface area contributed by atoms with Gasteiger partial charge in [-0.05, 0) is 87.7 Å². The molecule has 14 nitrogen and oxygen atoms in total. The SMILES string of the molecule is CC/C=C/[C@H]1CCC[C@H](OC2CCC([N+](C)(C)COC(=O)N(C)C)C(C)O2)[C@@H](C)C(=O)C2=C[C@@H]3[C@@H](C=C[C@@H]4C[C@@H](OC5OC(C)C(OC)C(OC)C5CO)C[C@@H]34)[C@@H]2CC(=O)O1. The van der Waals surface area contributed by atoms with E-state index in [0.717, 1.165) is 25.7 Å². The van der Waals surface area contributed by atoms with Crippen molar-refractivity contribution in [3.8, 4) is 0 Å². The summed E-state index contributed by atoms with van der Waals surface area (Å²) >= 11 is 0. The summed E-state index contributed by atoms with van der Waals surface area (Å²) in [6.45, 7) is 8.07. The number of aliphatic hydroxyl groups is 1. The minimum atomic E-state index is -0.651. The Balaban J connectivity index is 1.19. The number of amides is 1. The topological polar surface area (TPSA) is 149 Å². The Morgan fingerprint density at radius 3 is 2.38 bits per heavy atom. The zero-order valence-corrected chi connectivity index (χ0v) is 38.3. The van der Waals surface area contributed by atoms with Crippen molar-refractivity contribution in [2.45, 2.75) is 147 Å². The molecule has 1 N–H and O–H groups in total. The number of ketones is 1. The molecule has 17 atom stereocenters. The minimum Gasteiger partial charge on any atom is -0.458 e. The van der Waals surface area contributed by atoms with Gasteiger partial charge in [-0.2, -0.15) is 0 Å². The number of aliphatic hydroxyl groups excluding tert-OH is 1. The highest BCUT2D eigenvalue weighted by atomic mass is 16.7. The monoisotopic (exact) mass is 860 g/mol. The van der Waals surface area contributed by atoms with E-state index in [0.29, 0.717) is 35.7 Å². The molecule has 344 valence electrons. The van der Waals surface area contributed by atoms with Crippen LogP contribution in [0.4, 0.5) is 4.79 Å². The number of esters is 1. The first-order valence-electron chi connectivity index (χ1n) is 22.9. The van der Waals surface area contributed by atoms with E-state index in [1.54, 1.807) is 28.3 Å². The van der Waals surface area contributed by atoms with Crippen molar-refractivity contribution in [1.82, 2.24) is 4.90 Å². The lowest BCUT2D eigenvalue weighted by atomic mass is 9.70. The molecule has 14 heteroatoms. The summed E-state index contributed by atoms with van der Waals surface area (Å²) in [4.78, 5) is 42.3. The van der Waals surface area contributed by atoms with E-state index in [-0.39, 0.29) is 110 Å². The molecule has 8 unspecified atom stereocenters. The Morgan fingerprint density at radius 2 is 1.70 bits per heavy atom. The lowest BCUT2D eigenvalue weighted by Gasteiger charge is -2.44. The van der Waals surface area contributed by atoms with Gasteiger partial charge in [0.1, 0.15) is 24.4 Å². The first kappa shape index (κ1) is 47.8. The summed E-state index contributed by atoms with van der Waals surface area (Å²) in [7, 11) is 10.7. The fourth-order valence-corrected chi connectivity index (χ4v) is 11.3. The number of carbonyl (C=O) groups is 3. The molecule has 0 aromatic carbocycles. The van der Waals surface area contributed by atoms with Crippen LogP contribution < -0.4 is 0 Å². The van der Waals surface area contributed by atoms with Crippen molar-refractivity contribution in [3.63, 3.8) is 0 Å². The van der Waals surface area contributed by atoms with Gasteiger partial charge in [0.05, 0.1) is 57.5 Å². The second kappa shape index (κ2) is 20.9. The Morgan fingerprint density at radius 1 is 0.951 bits per heavy atom. The molecule has 6 rings (SSSR count). The van der Waals surface area contributed by atoms with Crippen molar-refractivity contribution in [3.05, 3.63) is 36.0 Å². The van der Waals surface area contributed by atoms with E-state index >= 15 is 0 Å². The van der Waals surface area contributed by atoms with Crippen molar-refractivity contribution >= 4 is 17.8 Å². The molecule has 0 spiro atoms. The number of fused-ring (bicyclic) bond motifs is 5. The molecule has 6 aliphatic rings. The zero-order valence-electron chi connectivity index (χ0n) is 38.3. The van der Waals surface area contributed by atoms with Crippen molar-refractivity contribution < 1.29 is 61.9 Å². The number of Topliss-reactive ketones (excluding diaryl/α,β-unsaturated/α-hetero) is 1. The molecule has 3 aliphatic carbocycles. The molecule has 4 fully saturated rings. The maximum atomic E-state index is 14.9. The predicted octanol–water partition coefficient (Wildman–Crippen LogP) is 5.81. The van der Waals surface area contributed by atoms with E-state index in [9.17, 15) is 19.5 Å². The van der Waals surface area contributed by atoms with Crippen LogP contribution in [0.1, 0.15) is 85.5 Å². The van der Waals surface area contributed by atoms with E-state index in [4.69, 9.17) is 37.9 Å². The van der Waals surface area contributed by atoms with Gasteiger partial charge in [-0.3, -0.25) is 14.1 Å². The number of likely N-dealkylation sites (N-methyl/N-ethyl adjacent to an activating group) is 1. The summed E-state index contributed by atoms with van der Waals surface area (Å²) in [6.07, 6.45) is 13.1. The Labute approximate surface area is 363 Å². The third kappa shape index (κ3) is 10.8. The van der Waals surface area contributed by atoms with Crippen molar-refractivity contribution in [2.24, 2.45) is 41.4 Å². The average Bonchev–Trinajstić information content (AvgIpc) is 3.80. The smallest absolute Gasteiger partial charge is 0.413 e. The highest BCUT2D eigenvalue weighted by Gasteiger charge is 2.53. The maximum Gasteiger partial charge on any atom is 0.413 e. The first-order chi connectivity index (χ1) is 29.1. The number of cyclic esters (lactones) is 1. The van der Waals surface area contributed by atoms with Gasteiger partial charge in [0.25, 0.3) is 0 Å². The van der Waals surface area contributed by atoms with Gasteiger partial charge >= 0.3 is 12.1 Å². The van der Waals surface area contributed by atoms with Gasteiger partial charge in [-0.15, -0.1) is 0 Å². The third-order valence-electron chi connectivity index (χ3n) is 14.6. The number of carbonyl (C=O) groups excluding carboxylic acids is 3. The lowest BCUT2D eigenvalue weighted by Crippen LogP contribution is -2.58. The fourth-order valence-electron chi connectivity index (χ4n) is 11.3. The number of hydrogen-bond acceptors (Lipinski definition) is 12. The quantitative estimate of drug-likeness (QED) is 0.109. The molecule has 1 saturated carbocycles. The summed E-state index contributed by atoms with van der Waals surface area (Å²) in [5.41, 5.74) is 0.701. The average molecular weight is 860 g/mol. The van der Waals surface area contributed by atoms with Crippen LogP contribution in [0.15, 0.2) is 36.0 Å². The molecule has 3 saturated heterocycles. The second-order valence-electron chi connectivity index (χ2n) is 19.2. The van der Waals surface area contributed by atoms with Crippen molar-refractivity contribution in [2.75, 3.05) is 55.7 Å². The number of rotatable bonds is 12. The summed E-state index contributed by atoms with van der Waals surface area (Å²) < 4.78 is 50.0. The van der Waals surface area contributed by atoms with Gasteiger partial charge < -0.3 is 47.9 Å². The van der Waals surface area contributed by atoms with Crippen LogP contribution in [0, 0.1) is 41.4 Å². The predicted molar refractivity (Wildman–Crippen MR) is 227 cm³/mol. The van der Waals surface area contributed by atoms with Gasteiger partial charge in [0.15, 0.2) is 18.4 Å². The van der Waals surface area contributed by atoms with Crippen molar-refractivity contribution in [1.29, 1.82) is 0 Å². The molecular formula is C47H75N2O12+. The molecule has 0 bridgehead atoms. The first-order valence-corrected chi connectivity index (χ1v) is 22.9. The van der Waals surface area contributed by atoms with E-state index < -0.39 is 30.5 Å². The van der Waals surface area contributed by atoms with Gasteiger partial charge in [-0.25, -0.2) is 4.79 Å². The molecule has 1 amide bonds. The number of ether oxygens (including phenoxy) is 8. The summed E-state index contributed by atoms with van der Waals surface area (Å²) in [5.74, 6) is -0.983. The van der Waals surface area contributed by atoms with Crippen LogP contribution in [0.5, 0.6) is 0 Å². The molecule has 3 aliphatic heterocycles. The molecule has 0 aromatic heterocycles. The van der Waals surface area contributed by atoms with Crippen LogP contribution in [0.25, 0.3) is 0 Å². The number of quaternary nitrogens is 1. The molecule has 61 heavy (non-hydrogen) atoms. The molecule has 0 aromatic rings. The normalized spacial score (nSPS) is 40.9. The van der Waals surface area contributed by atoms with E-state index in [1.807, 2.05) is 47.0 Å². The fraction of sp³-hybridized carbons (Fsp3) is 0.809. The Hall–Kier alpha value is -2.69. The van der Waals surface area contributed by atoms with E-state index in [2.05, 4.69) is 25.2 Å². The largest absolute Gasteiger partial charge is 0.458 e. The van der Waals surface area contributed by atoms with Crippen LogP contribution in [-0.2, 0) is 47.5 Å². The molecule has 3 heterocycles. The zero-order chi connectivity index (χ0) is 44.2. The molecular weight excluding hydrogens is 785 g/mol.